The van der Waals surface area contributed by atoms with Crippen LogP contribution in [0.25, 0.3) is 0 Å². The molecule has 1 aromatic rings. The van der Waals surface area contributed by atoms with Crippen LogP contribution >= 0.6 is 0 Å². The molecule has 0 spiro atoms. The molecule has 0 atom stereocenters. The highest BCUT2D eigenvalue weighted by molar-refractivity contribution is 5.34. The number of unbranched alkanes of at least 4 members (excludes halogenated alkanes) is 1. The van der Waals surface area contributed by atoms with Crippen molar-refractivity contribution < 1.29 is 14.2 Å². The first kappa shape index (κ1) is 21.7. The van der Waals surface area contributed by atoms with E-state index in [0.717, 1.165) is 70.8 Å². The van der Waals surface area contributed by atoms with Crippen LogP contribution in [0.4, 0.5) is 0 Å². The Labute approximate surface area is 164 Å². The van der Waals surface area contributed by atoms with E-state index in [9.17, 15) is 0 Å². The molecule has 1 aromatic carbocycles. The molecular formula is C22H36N2O3. The minimum atomic E-state index is 0.703. The first-order chi connectivity index (χ1) is 13.3. The molecule has 5 nitrogen and oxygen atoms in total. The SMILES string of the molecule is COc1cccc(CC(NCCCOCCCCOCCCN)=C2CC2)c1. The van der Waals surface area contributed by atoms with Crippen LogP contribution in [0.15, 0.2) is 35.5 Å². The average molecular weight is 377 g/mol. The van der Waals surface area contributed by atoms with Crippen molar-refractivity contribution >= 4 is 0 Å². The van der Waals surface area contributed by atoms with Crippen LogP contribution in [0.5, 0.6) is 5.75 Å². The van der Waals surface area contributed by atoms with Gasteiger partial charge in [0.25, 0.3) is 0 Å². The van der Waals surface area contributed by atoms with Gasteiger partial charge in [-0.3, -0.25) is 0 Å². The lowest BCUT2D eigenvalue weighted by Crippen LogP contribution is -2.18. The fourth-order valence-corrected chi connectivity index (χ4v) is 2.87. The van der Waals surface area contributed by atoms with Gasteiger partial charge in [-0.25, -0.2) is 0 Å². The second-order valence-electron chi connectivity index (χ2n) is 6.96. The van der Waals surface area contributed by atoms with E-state index in [4.69, 9.17) is 19.9 Å². The van der Waals surface area contributed by atoms with Gasteiger partial charge in [0.1, 0.15) is 5.75 Å². The summed E-state index contributed by atoms with van der Waals surface area (Å²) in [6.07, 6.45) is 7.51. The van der Waals surface area contributed by atoms with Crippen LogP contribution in [0, 0.1) is 0 Å². The number of hydrogen-bond acceptors (Lipinski definition) is 5. The Morgan fingerprint density at radius 1 is 1.00 bits per heavy atom. The van der Waals surface area contributed by atoms with E-state index in [1.54, 1.807) is 12.7 Å². The second kappa shape index (κ2) is 13.6. The fourth-order valence-electron chi connectivity index (χ4n) is 2.87. The van der Waals surface area contributed by atoms with Crippen LogP contribution in [-0.4, -0.2) is 46.6 Å². The van der Waals surface area contributed by atoms with Crippen molar-refractivity contribution in [3.05, 3.63) is 41.1 Å². The van der Waals surface area contributed by atoms with E-state index >= 15 is 0 Å². The van der Waals surface area contributed by atoms with Gasteiger partial charge >= 0.3 is 0 Å². The smallest absolute Gasteiger partial charge is 0.119 e. The minimum Gasteiger partial charge on any atom is -0.497 e. The van der Waals surface area contributed by atoms with Gasteiger partial charge in [-0.1, -0.05) is 17.7 Å². The molecule has 0 aromatic heterocycles. The maximum absolute atomic E-state index is 5.72. The molecule has 0 heterocycles. The molecule has 1 aliphatic carbocycles. The molecule has 2 rings (SSSR count). The summed E-state index contributed by atoms with van der Waals surface area (Å²) in [6, 6.07) is 8.33. The third-order valence-corrected chi connectivity index (χ3v) is 4.57. The summed E-state index contributed by atoms with van der Waals surface area (Å²) in [6.45, 7) is 4.88. The maximum atomic E-state index is 5.72. The Bertz CT molecular complexity index is 554. The Hall–Kier alpha value is -1.56. The molecule has 1 fully saturated rings. The molecule has 0 aliphatic heterocycles. The zero-order valence-corrected chi connectivity index (χ0v) is 16.8. The fraction of sp³-hybridized carbons (Fsp3) is 0.636. The van der Waals surface area contributed by atoms with Gasteiger partial charge in [0.2, 0.25) is 0 Å². The monoisotopic (exact) mass is 376 g/mol. The molecule has 0 bridgehead atoms. The molecule has 0 saturated heterocycles. The van der Waals surface area contributed by atoms with E-state index in [2.05, 4.69) is 23.5 Å². The molecule has 0 amide bonds. The summed E-state index contributed by atoms with van der Waals surface area (Å²) in [7, 11) is 1.71. The summed E-state index contributed by atoms with van der Waals surface area (Å²) < 4.78 is 16.5. The lowest BCUT2D eigenvalue weighted by atomic mass is 10.1. The number of hydrogen-bond donors (Lipinski definition) is 2. The number of nitrogens with one attached hydrogen (secondary N) is 1. The Morgan fingerprint density at radius 3 is 2.37 bits per heavy atom. The summed E-state index contributed by atoms with van der Waals surface area (Å²) in [5, 5.41) is 3.63. The Morgan fingerprint density at radius 2 is 1.70 bits per heavy atom. The van der Waals surface area contributed by atoms with E-state index in [1.165, 1.54) is 24.1 Å². The summed E-state index contributed by atoms with van der Waals surface area (Å²) in [5.74, 6) is 0.922. The average Bonchev–Trinajstić information content (AvgIpc) is 3.53. The molecule has 152 valence electrons. The molecule has 27 heavy (non-hydrogen) atoms. The highest BCUT2D eigenvalue weighted by Crippen LogP contribution is 2.32. The van der Waals surface area contributed by atoms with Gasteiger partial charge in [-0.2, -0.15) is 0 Å². The molecule has 0 unspecified atom stereocenters. The van der Waals surface area contributed by atoms with E-state index in [1.807, 2.05) is 6.07 Å². The highest BCUT2D eigenvalue weighted by atomic mass is 16.5. The third-order valence-electron chi connectivity index (χ3n) is 4.57. The van der Waals surface area contributed by atoms with Crippen LogP contribution in [0.1, 0.15) is 44.1 Å². The number of allylic oxidation sites excluding steroid dienone is 2. The molecule has 1 saturated carbocycles. The topological polar surface area (TPSA) is 65.7 Å². The zero-order chi connectivity index (χ0) is 19.2. The normalized spacial score (nSPS) is 12.9. The number of benzene rings is 1. The standard InChI is InChI=1S/C22H36N2O3/c1-25-21-8-4-7-19(17-21)18-22(20-9-10-20)24-12-6-16-27-14-3-2-13-26-15-5-11-23/h4,7-8,17,24H,2-3,5-6,9-16,18,23H2,1H3. The molecule has 0 radical (unpaired) electrons. The largest absolute Gasteiger partial charge is 0.497 e. The Kier molecular flexibility index (Phi) is 10.9. The van der Waals surface area contributed by atoms with Crippen LogP contribution in [-0.2, 0) is 15.9 Å². The molecule has 5 heteroatoms. The van der Waals surface area contributed by atoms with E-state index in [0.29, 0.717) is 6.54 Å². The van der Waals surface area contributed by atoms with Crippen molar-refractivity contribution in [1.82, 2.24) is 5.32 Å². The number of ether oxygens (including phenoxy) is 3. The number of nitrogens with two attached hydrogens (primary N) is 1. The zero-order valence-electron chi connectivity index (χ0n) is 16.8. The van der Waals surface area contributed by atoms with Gasteiger partial charge in [0.05, 0.1) is 7.11 Å². The quantitative estimate of drug-likeness (QED) is 0.433. The highest BCUT2D eigenvalue weighted by Gasteiger charge is 2.17. The van der Waals surface area contributed by atoms with E-state index in [-0.39, 0.29) is 0 Å². The van der Waals surface area contributed by atoms with Crippen molar-refractivity contribution in [2.24, 2.45) is 5.73 Å². The first-order valence-electron chi connectivity index (χ1n) is 10.3. The Balaban J connectivity index is 1.52. The van der Waals surface area contributed by atoms with Crippen LogP contribution in [0.2, 0.25) is 0 Å². The second-order valence-corrected chi connectivity index (χ2v) is 6.96. The van der Waals surface area contributed by atoms with Gasteiger partial charge in [-0.05, 0) is 62.8 Å². The van der Waals surface area contributed by atoms with Gasteiger partial charge < -0.3 is 25.3 Å². The van der Waals surface area contributed by atoms with Crippen molar-refractivity contribution in [1.29, 1.82) is 0 Å². The van der Waals surface area contributed by atoms with Gasteiger partial charge in [0, 0.05) is 45.1 Å². The van der Waals surface area contributed by atoms with Crippen LogP contribution < -0.4 is 15.8 Å². The minimum absolute atomic E-state index is 0.703. The summed E-state index contributed by atoms with van der Waals surface area (Å²) in [5.41, 5.74) is 9.67. The first-order valence-corrected chi connectivity index (χ1v) is 10.3. The lowest BCUT2D eigenvalue weighted by Gasteiger charge is -2.12. The van der Waals surface area contributed by atoms with Gasteiger partial charge in [-0.15, -0.1) is 0 Å². The molecule has 3 N–H and O–H groups in total. The van der Waals surface area contributed by atoms with Crippen molar-refractivity contribution in [3.8, 4) is 5.75 Å². The predicted octanol–water partition coefficient (Wildman–Crippen LogP) is 3.43. The van der Waals surface area contributed by atoms with E-state index < -0.39 is 0 Å². The van der Waals surface area contributed by atoms with Crippen molar-refractivity contribution in [3.63, 3.8) is 0 Å². The summed E-state index contributed by atoms with van der Waals surface area (Å²) >= 11 is 0. The lowest BCUT2D eigenvalue weighted by molar-refractivity contribution is 0.101. The number of rotatable bonds is 16. The number of methoxy groups -OCH3 is 1. The van der Waals surface area contributed by atoms with Gasteiger partial charge in [0.15, 0.2) is 0 Å². The molecule has 1 aliphatic rings. The maximum Gasteiger partial charge on any atom is 0.119 e. The predicted molar refractivity (Wildman–Crippen MR) is 110 cm³/mol. The van der Waals surface area contributed by atoms with Crippen molar-refractivity contribution in [2.45, 2.75) is 44.9 Å². The van der Waals surface area contributed by atoms with Crippen molar-refractivity contribution in [2.75, 3.05) is 46.6 Å². The third kappa shape index (κ3) is 9.80. The summed E-state index contributed by atoms with van der Waals surface area (Å²) in [4.78, 5) is 0. The van der Waals surface area contributed by atoms with Crippen LogP contribution in [0.3, 0.4) is 0 Å². The molecular weight excluding hydrogens is 340 g/mol.